The van der Waals surface area contributed by atoms with Crippen molar-refractivity contribution in [2.45, 2.75) is 31.8 Å². The summed E-state index contributed by atoms with van der Waals surface area (Å²) in [5.74, 6) is -0.688. The Balaban J connectivity index is 1.77. The van der Waals surface area contributed by atoms with Gasteiger partial charge in [0.1, 0.15) is 6.04 Å². The first-order valence-electron chi connectivity index (χ1n) is 7.43. The van der Waals surface area contributed by atoms with Gasteiger partial charge in [0.2, 0.25) is 0 Å². The van der Waals surface area contributed by atoms with Crippen molar-refractivity contribution in [1.29, 1.82) is 0 Å². The second kappa shape index (κ2) is 5.47. The fourth-order valence-corrected chi connectivity index (χ4v) is 3.40. The highest BCUT2D eigenvalue weighted by Crippen LogP contribution is 2.34. The van der Waals surface area contributed by atoms with E-state index in [0.29, 0.717) is 19.6 Å². The Labute approximate surface area is 127 Å². The van der Waals surface area contributed by atoms with E-state index in [1.807, 2.05) is 6.07 Å². The molecule has 3 rings (SSSR count). The SMILES string of the molecule is C[C@@H](NC(=O)N1C[C@H]2C[C@@H](C1)c1cccc(=O)n1C2)C(=O)O. The lowest BCUT2D eigenvalue weighted by molar-refractivity contribution is -0.138. The summed E-state index contributed by atoms with van der Waals surface area (Å²) < 4.78 is 1.80. The molecule has 118 valence electrons. The number of carbonyl (C=O) groups is 2. The topological polar surface area (TPSA) is 91.6 Å². The predicted molar refractivity (Wildman–Crippen MR) is 78.8 cm³/mol. The van der Waals surface area contributed by atoms with Gasteiger partial charge in [-0.05, 0) is 25.3 Å². The summed E-state index contributed by atoms with van der Waals surface area (Å²) >= 11 is 0. The van der Waals surface area contributed by atoms with E-state index >= 15 is 0 Å². The molecule has 2 bridgehead atoms. The van der Waals surface area contributed by atoms with Crippen LogP contribution in [0.1, 0.15) is 25.0 Å². The lowest BCUT2D eigenvalue weighted by Gasteiger charge is -2.42. The van der Waals surface area contributed by atoms with Crippen LogP contribution in [-0.2, 0) is 11.3 Å². The average molecular weight is 305 g/mol. The quantitative estimate of drug-likeness (QED) is 0.830. The number of likely N-dealkylation sites (tertiary alicyclic amines) is 1. The van der Waals surface area contributed by atoms with Gasteiger partial charge in [0.05, 0.1) is 0 Å². The number of nitrogens with one attached hydrogen (secondary N) is 1. The minimum atomic E-state index is -1.05. The van der Waals surface area contributed by atoms with Crippen LogP contribution < -0.4 is 10.9 Å². The first kappa shape index (κ1) is 14.6. The van der Waals surface area contributed by atoms with Gasteiger partial charge in [-0.15, -0.1) is 0 Å². The number of hydrogen-bond donors (Lipinski definition) is 2. The van der Waals surface area contributed by atoms with Crippen LogP contribution in [0.5, 0.6) is 0 Å². The van der Waals surface area contributed by atoms with Gasteiger partial charge in [-0.3, -0.25) is 9.59 Å². The number of carboxylic acids is 1. The van der Waals surface area contributed by atoms with Crippen LogP contribution in [0.15, 0.2) is 23.0 Å². The zero-order chi connectivity index (χ0) is 15.9. The largest absolute Gasteiger partial charge is 0.480 e. The fraction of sp³-hybridized carbons (Fsp3) is 0.533. The molecule has 1 saturated heterocycles. The Morgan fingerprint density at radius 3 is 2.82 bits per heavy atom. The summed E-state index contributed by atoms with van der Waals surface area (Å²) in [6.07, 6.45) is 0.960. The number of carbonyl (C=O) groups excluding carboxylic acids is 1. The lowest BCUT2D eigenvalue weighted by atomic mass is 9.83. The predicted octanol–water partition coefficient (Wildman–Crippen LogP) is 0.450. The smallest absolute Gasteiger partial charge is 0.325 e. The first-order chi connectivity index (χ1) is 10.5. The Kier molecular flexibility index (Phi) is 3.64. The van der Waals surface area contributed by atoms with E-state index in [-0.39, 0.29) is 23.4 Å². The molecule has 7 nitrogen and oxygen atoms in total. The van der Waals surface area contributed by atoms with Gasteiger partial charge in [-0.25, -0.2) is 4.79 Å². The molecular formula is C15H19N3O4. The van der Waals surface area contributed by atoms with Gasteiger partial charge in [0.25, 0.3) is 5.56 Å². The maximum absolute atomic E-state index is 12.2. The van der Waals surface area contributed by atoms with Gasteiger partial charge in [-0.1, -0.05) is 6.07 Å². The number of pyridine rings is 1. The molecule has 1 aromatic heterocycles. The minimum Gasteiger partial charge on any atom is -0.480 e. The Morgan fingerprint density at radius 2 is 2.09 bits per heavy atom. The summed E-state index contributed by atoms with van der Waals surface area (Å²) in [5.41, 5.74) is 0.970. The van der Waals surface area contributed by atoms with Crippen LogP contribution in [0.2, 0.25) is 0 Å². The van der Waals surface area contributed by atoms with Crippen LogP contribution in [0, 0.1) is 5.92 Å². The van der Waals surface area contributed by atoms with Gasteiger partial charge in [0.15, 0.2) is 0 Å². The van der Waals surface area contributed by atoms with Gasteiger partial charge in [0, 0.05) is 37.3 Å². The van der Waals surface area contributed by atoms with Crippen LogP contribution in [-0.4, -0.2) is 45.7 Å². The molecule has 2 aliphatic rings. The zero-order valence-electron chi connectivity index (χ0n) is 12.4. The molecule has 2 aliphatic heterocycles. The van der Waals surface area contributed by atoms with E-state index in [9.17, 15) is 14.4 Å². The summed E-state index contributed by atoms with van der Waals surface area (Å²) in [7, 11) is 0. The van der Waals surface area contributed by atoms with Crippen molar-refractivity contribution in [1.82, 2.24) is 14.8 Å². The number of urea groups is 1. The van der Waals surface area contributed by atoms with Crippen LogP contribution in [0.25, 0.3) is 0 Å². The molecule has 1 fully saturated rings. The number of piperidine rings is 1. The molecule has 22 heavy (non-hydrogen) atoms. The van der Waals surface area contributed by atoms with E-state index < -0.39 is 12.0 Å². The summed E-state index contributed by atoms with van der Waals surface area (Å²) in [4.78, 5) is 36.7. The Morgan fingerprint density at radius 1 is 1.32 bits per heavy atom. The molecule has 0 unspecified atom stereocenters. The number of amides is 2. The summed E-state index contributed by atoms with van der Waals surface area (Å²) in [5, 5.41) is 11.4. The van der Waals surface area contributed by atoms with Crippen LogP contribution in [0.4, 0.5) is 4.79 Å². The molecule has 2 N–H and O–H groups in total. The third kappa shape index (κ3) is 2.58. The van der Waals surface area contributed by atoms with Crippen LogP contribution >= 0.6 is 0 Å². The third-order valence-corrected chi connectivity index (χ3v) is 4.48. The van der Waals surface area contributed by atoms with E-state index in [0.717, 1.165) is 12.1 Å². The van der Waals surface area contributed by atoms with Crippen molar-refractivity contribution < 1.29 is 14.7 Å². The fourth-order valence-electron chi connectivity index (χ4n) is 3.40. The maximum atomic E-state index is 12.2. The summed E-state index contributed by atoms with van der Waals surface area (Å²) in [6.45, 7) is 3.12. The summed E-state index contributed by atoms with van der Waals surface area (Å²) in [6, 6.07) is 3.98. The second-order valence-corrected chi connectivity index (χ2v) is 6.11. The molecule has 0 aromatic carbocycles. The van der Waals surface area contributed by atoms with Crippen molar-refractivity contribution in [2.75, 3.05) is 13.1 Å². The highest BCUT2D eigenvalue weighted by Gasteiger charge is 2.36. The minimum absolute atomic E-state index is 0.00426. The normalized spacial score (nSPS) is 24.3. The molecule has 0 saturated carbocycles. The number of aromatic nitrogens is 1. The van der Waals surface area contributed by atoms with E-state index in [1.165, 1.54) is 6.92 Å². The number of carboxylic acid groups (broad SMARTS) is 1. The lowest BCUT2D eigenvalue weighted by Crippen LogP contribution is -2.54. The second-order valence-electron chi connectivity index (χ2n) is 6.11. The van der Waals surface area contributed by atoms with Crippen LogP contribution in [0.3, 0.4) is 0 Å². The number of hydrogen-bond acceptors (Lipinski definition) is 3. The Hall–Kier alpha value is -2.31. The average Bonchev–Trinajstić information content (AvgIpc) is 2.48. The van der Waals surface area contributed by atoms with Crippen molar-refractivity contribution >= 4 is 12.0 Å². The zero-order valence-corrected chi connectivity index (χ0v) is 12.4. The highest BCUT2D eigenvalue weighted by atomic mass is 16.4. The molecular weight excluding hydrogens is 286 g/mol. The molecule has 2 amide bonds. The number of fused-ring (bicyclic) bond motifs is 4. The van der Waals surface area contributed by atoms with E-state index in [4.69, 9.17) is 5.11 Å². The monoisotopic (exact) mass is 305 g/mol. The first-order valence-corrected chi connectivity index (χ1v) is 7.43. The molecule has 0 radical (unpaired) electrons. The molecule has 0 spiro atoms. The number of nitrogens with zero attached hydrogens (tertiary/aromatic N) is 2. The van der Waals surface area contributed by atoms with E-state index in [2.05, 4.69) is 5.32 Å². The molecule has 0 aliphatic carbocycles. The van der Waals surface area contributed by atoms with Gasteiger partial charge < -0.3 is 19.9 Å². The molecule has 1 aromatic rings. The molecule has 3 atom stereocenters. The standard InChI is InChI=1S/C15H19N3O4/c1-9(14(20)21)16-15(22)17-6-10-5-11(8-17)12-3-2-4-13(19)18(12)7-10/h2-4,9-11H,5-8H2,1H3,(H,16,22)(H,20,21)/t9-,10-,11+/m1/s1. The third-order valence-electron chi connectivity index (χ3n) is 4.48. The van der Waals surface area contributed by atoms with E-state index in [1.54, 1.807) is 21.6 Å². The maximum Gasteiger partial charge on any atom is 0.325 e. The van der Waals surface area contributed by atoms with Crippen molar-refractivity contribution in [3.05, 3.63) is 34.2 Å². The molecule has 3 heterocycles. The number of rotatable bonds is 2. The van der Waals surface area contributed by atoms with Gasteiger partial charge >= 0.3 is 12.0 Å². The Bertz CT molecular complexity index is 669. The van der Waals surface area contributed by atoms with Crippen molar-refractivity contribution in [3.63, 3.8) is 0 Å². The number of aliphatic carboxylic acids is 1. The van der Waals surface area contributed by atoms with Gasteiger partial charge in [-0.2, -0.15) is 0 Å². The van der Waals surface area contributed by atoms with Crippen molar-refractivity contribution in [3.8, 4) is 0 Å². The molecule has 7 heteroatoms. The van der Waals surface area contributed by atoms with Crippen molar-refractivity contribution in [2.24, 2.45) is 5.92 Å². The highest BCUT2D eigenvalue weighted by molar-refractivity contribution is 5.82.